The normalized spacial score (nSPS) is 21.0. The number of rotatable bonds is 5. The molecule has 1 aromatic carbocycles. The summed E-state index contributed by atoms with van der Waals surface area (Å²) in [5, 5.41) is 9.15. The fraction of sp³-hybridized carbons (Fsp3) is 0.429. The van der Waals surface area contributed by atoms with Crippen LogP contribution in [0.3, 0.4) is 0 Å². The van der Waals surface area contributed by atoms with Crippen molar-refractivity contribution in [1.29, 1.82) is 0 Å². The topological polar surface area (TPSA) is 76.1 Å². The highest BCUT2D eigenvalue weighted by Gasteiger charge is 2.39. The van der Waals surface area contributed by atoms with Gasteiger partial charge in [0.1, 0.15) is 6.04 Å². The lowest BCUT2D eigenvalue weighted by Crippen LogP contribution is -2.43. The van der Waals surface area contributed by atoms with Crippen molar-refractivity contribution in [3.8, 4) is 5.75 Å². The number of carbonyl (C=O) groups excluding carboxylic acids is 1. The van der Waals surface area contributed by atoms with Crippen LogP contribution < -0.4 is 4.74 Å². The number of likely N-dealkylation sites (tertiary alicyclic amines) is 1. The smallest absolute Gasteiger partial charge is 0.326 e. The van der Waals surface area contributed by atoms with E-state index in [1.165, 1.54) is 24.1 Å². The number of halogens is 2. The lowest BCUT2D eigenvalue weighted by Gasteiger charge is -2.21. The van der Waals surface area contributed by atoms with Crippen LogP contribution in [0.25, 0.3) is 0 Å². The average molecular weight is 376 g/mol. The van der Waals surface area contributed by atoms with Crippen molar-refractivity contribution in [3.63, 3.8) is 0 Å². The molecule has 1 aromatic rings. The van der Waals surface area contributed by atoms with Crippen LogP contribution >= 0.6 is 15.9 Å². The number of amides is 1. The second-order valence-electron chi connectivity index (χ2n) is 4.86. The van der Waals surface area contributed by atoms with E-state index in [-0.39, 0.29) is 24.8 Å². The van der Waals surface area contributed by atoms with Crippen LogP contribution in [0.4, 0.5) is 4.39 Å². The van der Waals surface area contributed by atoms with E-state index >= 15 is 0 Å². The van der Waals surface area contributed by atoms with E-state index in [1.807, 2.05) is 0 Å². The third-order valence-corrected chi connectivity index (χ3v) is 3.94. The second kappa shape index (κ2) is 7.06. The number of ether oxygens (including phenoxy) is 2. The number of carboxylic acids is 1. The van der Waals surface area contributed by atoms with Crippen LogP contribution in [0.1, 0.15) is 6.42 Å². The number of aliphatic carboxylic acids is 1. The fourth-order valence-electron chi connectivity index (χ4n) is 2.29. The quantitative estimate of drug-likeness (QED) is 0.846. The largest absolute Gasteiger partial charge is 0.481 e. The summed E-state index contributed by atoms with van der Waals surface area (Å²) in [7, 11) is 1.46. The Morgan fingerprint density at radius 3 is 2.82 bits per heavy atom. The van der Waals surface area contributed by atoms with Gasteiger partial charge in [0.05, 0.1) is 6.10 Å². The molecule has 2 rings (SSSR count). The lowest BCUT2D eigenvalue weighted by molar-refractivity contribution is -0.149. The van der Waals surface area contributed by atoms with Crippen LogP contribution in [-0.2, 0) is 14.3 Å². The van der Waals surface area contributed by atoms with Crippen molar-refractivity contribution in [2.45, 2.75) is 18.6 Å². The average Bonchev–Trinajstić information content (AvgIpc) is 2.90. The standard InChI is InChI=1S/C14H15BrFNO5/c1-21-9-5-11(14(19)20)17(6-9)13(18)7-22-12-3-2-8(15)4-10(12)16/h2-4,9,11H,5-7H2,1H3,(H,19,20). The van der Waals surface area contributed by atoms with Crippen LogP contribution in [0.15, 0.2) is 22.7 Å². The van der Waals surface area contributed by atoms with Crippen LogP contribution in [0.2, 0.25) is 0 Å². The molecule has 2 atom stereocenters. The molecule has 1 N–H and O–H groups in total. The van der Waals surface area contributed by atoms with Gasteiger partial charge in [0, 0.05) is 24.5 Å². The second-order valence-corrected chi connectivity index (χ2v) is 5.77. The first kappa shape index (κ1) is 16.7. The molecule has 1 amide bonds. The van der Waals surface area contributed by atoms with E-state index in [0.29, 0.717) is 4.47 Å². The van der Waals surface area contributed by atoms with Gasteiger partial charge < -0.3 is 19.5 Å². The molecule has 120 valence electrons. The minimum atomic E-state index is -1.09. The Labute approximate surface area is 134 Å². The molecule has 0 spiro atoms. The molecule has 1 heterocycles. The molecule has 1 aliphatic rings. The van der Waals surface area contributed by atoms with E-state index in [2.05, 4.69) is 15.9 Å². The van der Waals surface area contributed by atoms with Gasteiger partial charge in [-0.1, -0.05) is 15.9 Å². The van der Waals surface area contributed by atoms with Gasteiger partial charge in [-0.05, 0) is 18.2 Å². The molecule has 1 fully saturated rings. The highest BCUT2D eigenvalue weighted by molar-refractivity contribution is 9.10. The number of benzene rings is 1. The van der Waals surface area contributed by atoms with Crippen molar-refractivity contribution in [2.75, 3.05) is 20.3 Å². The van der Waals surface area contributed by atoms with Gasteiger partial charge in [0.15, 0.2) is 18.2 Å². The first-order valence-corrected chi connectivity index (χ1v) is 7.34. The number of carbonyl (C=O) groups is 2. The van der Waals surface area contributed by atoms with Crippen LogP contribution in [-0.4, -0.2) is 54.3 Å². The molecule has 8 heteroatoms. The molecule has 0 aliphatic carbocycles. The zero-order valence-electron chi connectivity index (χ0n) is 11.8. The highest BCUT2D eigenvalue weighted by atomic mass is 79.9. The van der Waals surface area contributed by atoms with Crippen molar-refractivity contribution in [3.05, 3.63) is 28.5 Å². The molecular weight excluding hydrogens is 361 g/mol. The summed E-state index contributed by atoms with van der Waals surface area (Å²) in [4.78, 5) is 24.5. The predicted molar refractivity (Wildman–Crippen MR) is 78.1 cm³/mol. The highest BCUT2D eigenvalue weighted by Crippen LogP contribution is 2.23. The number of carboxylic acid groups (broad SMARTS) is 1. The van der Waals surface area contributed by atoms with Gasteiger partial charge in [0.25, 0.3) is 5.91 Å². The van der Waals surface area contributed by atoms with E-state index in [0.717, 1.165) is 0 Å². The van der Waals surface area contributed by atoms with Gasteiger partial charge in [-0.15, -0.1) is 0 Å². The fourth-order valence-corrected chi connectivity index (χ4v) is 2.63. The van der Waals surface area contributed by atoms with E-state index in [1.54, 1.807) is 6.07 Å². The van der Waals surface area contributed by atoms with E-state index in [9.17, 15) is 14.0 Å². The SMILES string of the molecule is COC1CC(C(=O)O)N(C(=O)COc2ccc(Br)cc2F)C1. The van der Waals surface area contributed by atoms with Gasteiger partial charge in [-0.25, -0.2) is 9.18 Å². The third kappa shape index (κ3) is 3.75. The molecule has 1 aliphatic heterocycles. The number of nitrogens with zero attached hydrogens (tertiary/aromatic N) is 1. The maximum absolute atomic E-state index is 13.6. The Hall–Kier alpha value is -1.67. The molecule has 6 nitrogen and oxygen atoms in total. The maximum Gasteiger partial charge on any atom is 0.326 e. The molecule has 2 unspecified atom stereocenters. The van der Waals surface area contributed by atoms with Gasteiger partial charge in [0.2, 0.25) is 0 Å². The van der Waals surface area contributed by atoms with Crippen molar-refractivity contribution >= 4 is 27.8 Å². The maximum atomic E-state index is 13.6. The summed E-state index contributed by atoms with van der Waals surface area (Å²) in [6.45, 7) is -0.253. The predicted octanol–water partition coefficient (Wildman–Crippen LogP) is 1.67. The van der Waals surface area contributed by atoms with Crippen LogP contribution in [0.5, 0.6) is 5.75 Å². The summed E-state index contributed by atoms with van der Waals surface area (Å²) in [5.41, 5.74) is 0. The Kier molecular flexibility index (Phi) is 5.36. The third-order valence-electron chi connectivity index (χ3n) is 3.45. The molecule has 0 radical (unpaired) electrons. The summed E-state index contributed by atoms with van der Waals surface area (Å²) in [6, 6.07) is 3.25. The minimum Gasteiger partial charge on any atom is -0.481 e. The zero-order chi connectivity index (χ0) is 16.3. The van der Waals surface area contributed by atoms with Crippen molar-refractivity contribution in [2.24, 2.45) is 0 Å². The van der Waals surface area contributed by atoms with Crippen molar-refractivity contribution in [1.82, 2.24) is 4.90 Å². The Balaban J connectivity index is 2.00. The molecule has 0 saturated carbocycles. The molecular formula is C14H15BrFNO5. The first-order valence-electron chi connectivity index (χ1n) is 6.55. The minimum absolute atomic E-state index is 0.0640. The number of hydrogen-bond donors (Lipinski definition) is 1. The number of methoxy groups -OCH3 is 1. The monoisotopic (exact) mass is 375 g/mol. The molecule has 1 saturated heterocycles. The van der Waals surface area contributed by atoms with Gasteiger partial charge >= 0.3 is 5.97 Å². The Bertz CT molecular complexity index is 582. The van der Waals surface area contributed by atoms with Crippen LogP contribution in [0, 0.1) is 5.82 Å². The van der Waals surface area contributed by atoms with E-state index < -0.39 is 30.3 Å². The summed E-state index contributed by atoms with van der Waals surface area (Å²) < 4.78 is 24.4. The van der Waals surface area contributed by atoms with Gasteiger partial charge in [-0.2, -0.15) is 0 Å². The van der Waals surface area contributed by atoms with Crippen molar-refractivity contribution < 1.29 is 28.6 Å². The summed E-state index contributed by atoms with van der Waals surface area (Å²) >= 11 is 3.12. The lowest BCUT2D eigenvalue weighted by atomic mass is 10.2. The molecule has 0 bridgehead atoms. The molecule has 22 heavy (non-hydrogen) atoms. The number of hydrogen-bond acceptors (Lipinski definition) is 4. The zero-order valence-corrected chi connectivity index (χ0v) is 13.4. The summed E-state index contributed by atoms with van der Waals surface area (Å²) in [5.74, 6) is -2.28. The van der Waals surface area contributed by atoms with Gasteiger partial charge in [-0.3, -0.25) is 4.79 Å². The molecule has 0 aromatic heterocycles. The first-order chi connectivity index (χ1) is 10.4. The Morgan fingerprint density at radius 1 is 1.50 bits per heavy atom. The Morgan fingerprint density at radius 2 is 2.23 bits per heavy atom. The van der Waals surface area contributed by atoms with E-state index in [4.69, 9.17) is 14.6 Å². The summed E-state index contributed by atoms with van der Waals surface area (Å²) in [6.07, 6.45) is -0.0982.